The lowest BCUT2D eigenvalue weighted by Crippen LogP contribution is -2.46. The second-order valence-corrected chi connectivity index (χ2v) is 7.50. The molecule has 1 amide bonds. The smallest absolute Gasteiger partial charge is 0.295 e. The van der Waals surface area contributed by atoms with E-state index in [9.17, 15) is 19.1 Å². The van der Waals surface area contributed by atoms with E-state index in [2.05, 4.69) is 10.2 Å². The molecule has 2 aliphatic rings. The molecule has 2 fully saturated rings. The second kappa shape index (κ2) is 8.77. The van der Waals surface area contributed by atoms with Crippen LogP contribution in [0.5, 0.6) is 0 Å². The lowest BCUT2D eigenvalue weighted by molar-refractivity contribution is -0.140. The molecule has 7 heteroatoms. The maximum Gasteiger partial charge on any atom is 0.295 e. The van der Waals surface area contributed by atoms with Crippen molar-refractivity contribution >= 4 is 17.4 Å². The Balaban J connectivity index is 1.72. The van der Waals surface area contributed by atoms with Crippen LogP contribution in [0.3, 0.4) is 0 Å². The Morgan fingerprint density at radius 1 is 1.00 bits per heavy atom. The van der Waals surface area contributed by atoms with Gasteiger partial charge in [0.25, 0.3) is 11.7 Å². The van der Waals surface area contributed by atoms with E-state index in [4.69, 9.17) is 0 Å². The van der Waals surface area contributed by atoms with Crippen LogP contribution in [0.15, 0.2) is 60.2 Å². The summed E-state index contributed by atoms with van der Waals surface area (Å²) in [5, 5.41) is 14.2. The Labute approximate surface area is 174 Å². The topological polar surface area (TPSA) is 72.9 Å². The first kappa shape index (κ1) is 20.3. The number of carbonyl (C=O) groups is 2. The summed E-state index contributed by atoms with van der Waals surface area (Å²) in [5.41, 5.74) is 1.09. The molecule has 2 heterocycles. The highest BCUT2D eigenvalue weighted by molar-refractivity contribution is 6.46. The average molecular weight is 409 g/mol. The third-order valence-corrected chi connectivity index (χ3v) is 5.64. The number of ketones is 1. The molecule has 0 saturated carbocycles. The van der Waals surface area contributed by atoms with Crippen LogP contribution >= 0.6 is 0 Å². The molecule has 6 nitrogen and oxygen atoms in total. The predicted octanol–water partition coefficient (Wildman–Crippen LogP) is 2.15. The molecular formula is C23H24FN3O3. The lowest BCUT2D eigenvalue weighted by Gasteiger charge is -2.31. The SMILES string of the molecule is O=C1C(=O)N(CCN2CCNCC2)C(c2ccc(F)cc2)/C1=C(\O)c1ccccc1. The van der Waals surface area contributed by atoms with E-state index in [0.29, 0.717) is 24.2 Å². The zero-order valence-corrected chi connectivity index (χ0v) is 16.6. The molecule has 0 aromatic heterocycles. The number of benzene rings is 2. The van der Waals surface area contributed by atoms with Crippen molar-refractivity contribution in [2.24, 2.45) is 0 Å². The minimum atomic E-state index is -0.756. The third-order valence-electron chi connectivity index (χ3n) is 5.64. The van der Waals surface area contributed by atoms with E-state index < -0.39 is 23.5 Å². The fourth-order valence-electron chi connectivity index (χ4n) is 4.04. The molecule has 0 radical (unpaired) electrons. The molecule has 2 aromatic carbocycles. The molecule has 0 aliphatic carbocycles. The number of piperazine rings is 1. The van der Waals surface area contributed by atoms with E-state index >= 15 is 0 Å². The summed E-state index contributed by atoms with van der Waals surface area (Å²) in [6.07, 6.45) is 0. The molecule has 1 unspecified atom stereocenters. The molecule has 0 bridgehead atoms. The Morgan fingerprint density at radius 2 is 1.67 bits per heavy atom. The maximum absolute atomic E-state index is 13.5. The number of nitrogens with zero attached hydrogens (tertiary/aromatic N) is 2. The summed E-state index contributed by atoms with van der Waals surface area (Å²) in [6.45, 7) is 4.47. The van der Waals surface area contributed by atoms with Crippen LogP contribution in [0.2, 0.25) is 0 Å². The minimum absolute atomic E-state index is 0.0399. The van der Waals surface area contributed by atoms with E-state index in [1.807, 2.05) is 0 Å². The monoisotopic (exact) mass is 409 g/mol. The second-order valence-electron chi connectivity index (χ2n) is 7.50. The molecular weight excluding hydrogens is 385 g/mol. The van der Waals surface area contributed by atoms with Gasteiger partial charge >= 0.3 is 0 Å². The van der Waals surface area contributed by atoms with Crippen molar-refractivity contribution in [1.29, 1.82) is 0 Å². The van der Waals surface area contributed by atoms with Gasteiger partial charge in [0.05, 0.1) is 11.6 Å². The number of hydrogen-bond donors (Lipinski definition) is 2. The molecule has 2 aromatic rings. The zero-order chi connectivity index (χ0) is 21.1. The molecule has 2 aliphatic heterocycles. The summed E-state index contributed by atoms with van der Waals surface area (Å²) in [4.78, 5) is 29.5. The van der Waals surface area contributed by atoms with Crippen molar-refractivity contribution < 1.29 is 19.1 Å². The van der Waals surface area contributed by atoms with E-state index in [1.54, 1.807) is 42.5 Å². The van der Waals surface area contributed by atoms with Gasteiger partial charge in [-0.2, -0.15) is 0 Å². The molecule has 30 heavy (non-hydrogen) atoms. The van der Waals surface area contributed by atoms with Crippen molar-refractivity contribution in [2.75, 3.05) is 39.3 Å². The van der Waals surface area contributed by atoms with Crippen molar-refractivity contribution in [1.82, 2.24) is 15.1 Å². The number of aliphatic hydroxyl groups is 1. The predicted molar refractivity (Wildman–Crippen MR) is 111 cm³/mol. The first-order valence-electron chi connectivity index (χ1n) is 10.1. The number of nitrogens with one attached hydrogen (secondary N) is 1. The number of amides is 1. The standard InChI is InChI=1S/C23H24FN3O3/c24-18-8-6-16(7-9-18)20-19(21(28)17-4-2-1-3-5-17)22(29)23(30)27(20)15-14-26-12-10-25-11-13-26/h1-9,20,25,28H,10-15H2/b21-19+. The largest absolute Gasteiger partial charge is 0.507 e. The third kappa shape index (κ3) is 3.99. The highest BCUT2D eigenvalue weighted by Gasteiger charge is 2.46. The number of halogens is 1. The van der Waals surface area contributed by atoms with Gasteiger partial charge in [0.15, 0.2) is 0 Å². The van der Waals surface area contributed by atoms with Gasteiger partial charge in [0.2, 0.25) is 0 Å². The summed E-state index contributed by atoms with van der Waals surface area (Å²) in [6, 6.07) is 13.6. The maximum atomic E-state index is 13.5. The summed E-state index contributed by atoms with van der Waals surface area (Å²) in [7, 11) is 0. The van der Waals surface area contributed by atoms with E-state index in [0.717, 1.165) is 26.2 Å². The van der Waals surface area contributed by atoms with Crippen LogP contribution in [0.25, 0.3) is 5.76 Å². The van der Waals surface area contributed by atoms with Crippen LogP contribution in [-0.2, 0) is 9.59 Å². The fraction of sp³-hybridized carbons (Fsp3) is 0.304. The van der Waals surface area contributed by atoms with Gasteiger partial charge in [-0.25, -0.2) is 4.39 Å². The Bertz CT molecular complexity index is 953. The van der Waals surface area contributed by atoms with E-state index in [1.165, 1.54) is 17.0 Å². The van der Waals surface area contributed by atoms with Crippen molar-refractivity contribution in [3.63, 3.8) is 0 Å². The molecule has 2 N–H and O–H groups in total. The summed E-state index contributed by atoms with van der Waals surface area (Å²) >= 11 is 0. The highest BCUT2D eigenvalue weighted by Crippen LogP contribution is 2.39. The normalized spacial score (nSPS) is 21.9. The molecule has 1 atom stereocenters. The van der Waals surface area contributed by atoms with Crippen LogP contribution in [0, 0.1) is 5.82 Å². The van der Waals surface area contributed by atoms with Crippen LogP contribution in [0.1, 0.15) is 17.2 Å². The summed E-state index contributed by atoms with van der Waals surface area (Å²) in [5.74, 6) is -1.98. The Hall–Kier alpha value is -3.03. The van der Waals surface area contributed by atoms with Crippen LogP contribution in [0.4, 0.5) is 4.39 Å². The van der Waals surface area contributed by atoms with E-state index in [-0.39, 0.29) is 11.3 Å². The summed E-state index contributed by atoms with van der Waals surface area (Å²) < 4.78 is 13.5. The Kier molecular flexibility index (Phi) is 5.92. The minimum Gasteiger partial charge on any atom is -0.507 e. The van der Waals surface area contributed by atoms with Gasteiger partial charge in [-0.1, -0.05) is 42.5 Å². The molecule has 156 valence electrons. The van der Waals surface area contributed by atoms with Crippen LogP contribution < -0.4 is 5.32 Å². The fourth-order valence-corrected chi connectivity index (χ4v) is 4.04. The first-order valence-corrected chi connectivity index (χ1v) is 10.1. The molecule has 4 rings (SSSR count). The number of likely N-dealkylation sites (tertiary alicyclic amines) is 1. The van der Waals surface area contributed by atoms with Crippen LogP contribution in [-0.4, -0.2) is 65.9 Å². The van der Waals surface area contributed by atoms with Gasteiger partial charge in [-0.05, 0) is 17.7 Å². The Morgan fingerprint density at radius 3 is 2.33 bits per heavy atom. The highest BCUT2D eigenvalue weighted by atomic mass is 19.1. The number of aliphatic hydroxyl groups excluding tert-OH is 1. The van der Waals surface area contributed by atoms with Gasteiger partial charge in [-0.3, -0.25) is 14.5 Å². The quantitative estimate of drug-likeness (QED) is 0.450. The number of rotatable bonds is 5. The number of carbonyl (C=O) groups excluding carboxylic acids is 2. The number of hydrogen-bond acceptors (Lipinski definition) is 5. The zero-order valence-electron chi connectivity index (χ0n) is 16.6. The van der Waals surface area contributed by atoms with Gasteiger partial charge in [-0.15, -0.1) is 0 Å². The van der Waals surface area contributed by atoms with Gasteiger partial charge in [0, 0.05) is 44.8 Å². The number of Topliss-reactive ketones (excluding diaryl/α,β-unsaturated/α-hetero) is 1. The molecule has 0 spiro atoms. The van der Waals surface area contributed by atoms with Crippen molar-refractivity contribution in [3.05, 3.63) is 77.1 Å². The van der Waals surface area contributed by atoms with Gasteiger partial charge in [0.1, 0.15) is 11.6 Å². The first-order chi connectivity index (χ1) is 14.6. The lowest BCUT2D eigenvalue weighted by atomic mass is 9.95. The molecule has 2 saturated heterocycles. The van der Waals surface area contributed by atoms with Crippen molar-refractivity contribution in [2.45, 2.75) is 6.04 Å². The van der Waals surface area contributed by atoms with Gasteiger partial charge < -0.3 is 15.3 Å². The average Bonchev–Trinajstić information content (AvgIpc) is 3.04. The van der Waals surface area contributed by atoms with Crippen molar-refractivity contribution in [3.8, 4) is 0 Å².